The van der Waals surface area contributed by atoms with Gasteiger partial charge in [0, 0.05) is 44.8 Å². The molecular weight excluding hydrogens is 322 g/mol. The minimum Gasteiger partial charge on any atom is -0.381 e. The lowest BCUT2D eigenvalue weighted by Crippen LogP contribution is -2.61. The van der Waals surface area contributed by atoms with Gasteiger partial charge in [-0.2, -0.15) is 4.98 Å². The van der Waals surface area contributed by atoms with Crippen LogP contribution in [0.2, 0.25) is 0 Å². The Labute approximate surface area is 148 Å². The summed E-state index contributed by atoms with van der Waals surface area (Å²) in [5, 5.41) is 4.07. The number of amides is 1. The molecule has 25 heavy (non-hydrogen) atoms. The van der Waals surface area contributed by atoms with E-state index in [-0.39, 0.29) is 11.3 Å². The van der Waals surface area contributed by atoms with Crippen LogP contribution in [-0.4, -0.2) is 70.8 Å². The Morgan fingerprint density at radius 3 is 2.40 bits per heavy atom. The fraction of sp³-hybridized carbons (Fsp3) is 0.824. The minimum atomic E-state index is -0.754. The van der Waals surface area contributed by atoms with Crippen molar-refractivity contribution >= 4 is 5.91 Å². The molecule has 0 spiro atoms. The Balaban J connectivity index is 1.52. The number of nitrogens with two attached hydrogens (primary N) is 1. The van der Waals surface area contributed by atoms with E-state index < -0.39 is 5.54 Å². The summed E-state index contributed by atoms with van der Waals surface area (Å²) in [5.41, 5.74) is 5.42. The number of hydrogen-bond acceptors (Lipinski definition) is 7. The van der Waals surface area contributed by atoms with Crippen LogP contribution < -0.4 is 5.73 Å². The molecule has 0 aliphatic carbocycles. The lowest BCUT2D eigenvalue weighted by molar-refractivity contribution is -0.142. The Morgan fingerprint density at radius 1 is 1.20 bits per heavy atom. The molecule has 2 fully saturated rings. The lowest BCUT2D eigenvalue weighted by atomic mass is 9.89. The normalized spacial score (nSPS) is 22.2. The number of hydrogen-bond donors (Lipinski definition) is 1. The molecule has 1 aromatic heterocycles. The predicted molar refractivity (Wildman–Crippen MR) is 91.8 cm³/mol. The van der Waals surface area contributed by atoms with Crippen molar-refractivity contribution in [2.45, 2.75) is 51.1 Å². The molecule has 2 saturated heterocycles. The highest BCUT2D eigenvalue weighted by Crippen LogP contribution is 2.22. The lowest BCUT2D eigenvalue weighted by Gasteiger charge is -2.40. The summed E-state index contributed by atoms with van der Waals surface area (Å²) < 4.78 is 10.7. The maximum atomic E-state index is 12.7. The van der Waals surface area contributed by atoms with Gasteiger partial charge in [0.05, 0.1) is 12.1 Å². The van der Waals surface area contributed by atoms with Gasteiger partial charge in [0.15, 0.2) is 5.82 Å². The van der Waals surface area contributed by atoms with E-state index in [2.05, 4.69) is 15.0 Å². The Morgan fingerprint density at radius 2 is 1.84 bits per heavy atom. The third-order valence-corrected chi connectivity index (χ3v) is 4.95. The average molecular weight is 351 g/mol. The van der Waals surface area contributed by atoms with Gasteiger partial charge in [-0.05, 0) is 12.8 Å². The summed E-state index contributed by atoms with van der Waals surface area (Å²) in [7, 11) is 0. The molecule has 0 saturated carbocycles. The van der Waals surface area contributed by atoms with Crippen LogP contribution in [0, 0.1) is 0 Å². The number of carbonyl (C=O) groups is 1. The van der Waals surface area contributed by atoms with Crippen LogP contribution in [0.25, 0.3) is 0 Å². The van der Waals surface area contributed by atoms with E-state index in [0.717, 1.165) is 13.1 Å². The van der Waals surface area contributed by atoms with Crippen LogP contribution in [0.4, 0.5) is 0 Å². The second kappa shape index (κ2) is 7.01. The van der Waals surface area contributed by atoms with Gasteiger partial charge in [0.2, 0.25) is 11.8 Å². The first kappa shape index (κ1) is 18.3. The molecule has 0 radical (unpaired) electrons. The van der Waals surface area contributed by atoms with E-state index in [1.165, 1.54) is 0 Å². The average Bonchev–Trinajstić information content (AvgIpc) is 3.04. The summed E-state index contributed by atoms with van der Waals surface area (Å²) in [6.07, 6.45) is 1.20. The van der Waals surface area contributed by atoms with E-state index >= 15 is 0 Å². The van der Waals surface area contributed by atoms with Gasteiger partial charge in [-0.25, -0.2) is 0 Å². The van der Waals surface area contributed by atoms with Gasteiger partial charge in [-0.15, -0.1) is 0 Å². The molecule has 2 aliphatic heterocycles. The molecule has 3 heterocycles. The molecule has 8 nitrogen and oxygen atoms in total. The topological polar surface area (TPSA) is 97.7 Å². The van der Waals surface area contributed by atoms with Gasteiger partial charge in [-0.1, -0.05) is 25.9 Å². The van der Waals surface area contributed by atoms with Crippen LogP contribution in [0.5, 0.6) is 0 Å². The predicted octanol–water partition coefficient (Wildman–Crippen LogP) is 0.519. The molecule has 2 N–H and O–H groups in total. The Kier molecular flexibility index (Phi) is 5.13. The number of aromatic nitrogens is 2. The summed E-state index contributed by atoms with van der Waals surface area (Å²) in [6.45, 7) is 10.9. The zero-order chi connectivity index (χ0) is 18.1. The monoisotopic (exact) mass is 351 g/mol. The van der Waals surface area contributed by atoms with Crippen LogP contribution in [0.15, 0.2) is 4.52 Å². The molecular formula is C17H29N5O3. The summed E-state index contributed by atoms with van der Waals surface area (Å²) >= 11 is 0. The van der Waals surface area contributed by atoms with Crippen LogP contribution in [-0.2, 0) is 21.5 Å². The number of nitrogens with zero attached hydrogens (tertiary/aromatic N) is 4. The van der Waals surface area contributed by atoms with E-state index in [9.17, 15) is 4.79 Å². The molecule has 140 valence electrons. The fourth-order valence-electron chi connectivity index (χ4n) is 3.20. The molecule has 1 amide bonds. The molecule has 1 aromatic rings. The maximum Gasteiger partial charge on any atom is 0.242 e. The van der Waals surface area contributed by atoms with E-state index in [0.29, 0.717) is 57.4 Å². The number of carbonyl (C=O) groups excluding carboxylic acids is 1. The van der Waals surface area contributed by atoms with Crippen molar-refractivity contribution in [2.75, 3.05) is 39.4 Å². The van der Waals surface area contributed by atoms with Crippen molar-refractivity contribution in [2.24, 2.45) is 5.73 Å². The van der Waals surface area contributed by atoms with Gasteiger partial charge in [0.1, 0.15) is 0 Å². The SMILES string of the molecule is CC(C)(C)c1nc(CN2CCN(C(=O)C3(N)CCOCC3)CC2)no1. The van der Waals surface area contributed by atoms with Gasteiger partial charge < -0.3 is 19.9 Å². The number of rotatable bonds is 3. The molecule has 0 bridgehead atoms. The highest BCUT2D eigenvalue weighted by atomic mass is 16.5. The van der Waals surface area contributed by atoms with Gasteiger partial charge >= 0.3 is 0 Å². The fourth-order valence-corrected chi connectivity index (χ4v) is 3.20. The zero-order valence-corrected chi connectivity index (χ0v) is 15.5. The highest BCUT2D eigenvalue weighted by molar-refractivity contribution is 5.86. The smallest absolute Gasteiger partial charge is 0.242 e. The van der Waals surface area contributed by atoms with Crippen molar-refractivity contribution < 1.29 is 14.1 Å². The number of piperazine rings is 1. The molecule has 0 atom stereocenters. The summed E-state index contributed by atoms with van der Waals surface area (Å²) in [5.74, 6) is 1.41. The van der Waals surface area contributed by atoms with Crippen molar-refractivity contribution in [3.8, 4) is 0 Å². The van der Waals surface area contributed by atoms with Gasteiger partial charge in [-0.3, -0.25) is 9.69 Å². The molecule has 2 aliphatic rings. The first-order valence-corrected chi connectivity index (χ1v) is 8.99. The summed E-state index contributed by atoms with van der Waals surface area (Å²) in [4.78, 5) is 21.4. The maximum absolute atomic E-state index is 12.7. The van der Waals surface area contributed by atoms with E-state index in [1.54, 1.807) is 0 Å². The number of ether oxygens (including phenoxy) is 1. The standard InChI is InChI=1S/C17H29N5O3/c1-16(2,3)14-19-13(20-25-14)12-21-6-8-22(9-7-21)15(23)17(18)4-10-24-11-5-17/h4-12,18H2,1-3H3. The molecule has 0 unspecified atom stereocenters. The van der Waals surface area contributed by atoms with Crippen LogP contribution in [0.3, 0.4) is 0 Å². The third kappa shape index (κ3) is 4.19. The van der Waals surface area contributed by atoms with Gasteiger partial charge in [0.25, 0.3) is 0 Å². The first-order chi connectivity index (χ1) is 11.8. The molecule has 8 heteroatoms. The van der Waals surface area contributed by atoms with Crippen LogP contribution >= 0.6 is 0 Å². The minimum absolute atomic E-state index is 0.0602. The van der Waals surface area contributed by atoms with Crippen molar-refractivity contribution in [3.05, 3.63) is 11.7 Å². The molecule has 0 aromatic carbocycles. The molecule has 3 rings (SSSR count). The van der Waals surface area contributed by atoms with Crippen molar-refractivity contribution in [1.29, 1.82) is 0 Å². The second-order valence-corrected chi connectivity index (χ2v) is 8.10. The zero-order valence-electron chi connectivity index (χ0n) is 15.5. The summed E-state index contributed by atoms with van der Waals surface area (Å²) in [6, 6.07) is 0. The van der Waals surface area contributed by atoms with E-state index in [1.807, 2.05) is 25.7 Å². The van der Waals surface area contributed by atoms with E-state index in [4.69, 9.17) is 15.0 Å². The first-order valence-electron chi connectivity index (χ1n) is 8.99. The highest BCUT2D eigenvalue weighted by Gasteiger charge is 2.39. The van der Waals surface area contributed by atoms with Crippen molar-refractivity contribution in [1.82, 2.24) is 19.9 Å². The van der Waals surface area contributed by atoms with Crippen molar-refractivity contribution in [3.63, 3.8) is 0 Å². The second-order valence-electron chi connectivity index (χ2n) is 8.10. The van der Waals surface area contributed by atoms with Crippen LogP contribution in [0.1, 0.15) is 45.3 Å². The third-order valence-electron chi connectivity index (χ3n) is 4.95. The largest absolute Gasteiger partial charge is 0.381 e. The Bertz CT molecular complexity index is 596. The Hall–Kier alpha value is -1.51. The quantitative estimate of drug-likeness (QED) is 0.848.